The molecular formula is C18H26F2N2O5. The predicted molar refractivity (Wildman–Crippen MR) is 95.0 cm³/mol. The molecule has 0 radical (unpaired) electrons. The molecule has 27 heavy (non-hydrogen) atoms. The van der Waals surface area contributed by atoms with Gasteiger partial charge in [0, 0.05) is 20.6 Å². The summed E-state index contributed by atoms with van der Waals surface area (Å²) in [5, 5.41) is 0. The van der Waals surface area contributed by atoms with E-state index < -0.39 is 18.3 Å². The van der Waals surface area contributed by atoms with Crippen molar-refractivity contribution in [3.63, 3.8) is 0 Å². The molecule has 0 aromatic heterocycles. The van der Waals surface area contributed by atoms with Gasteiger partial charge in [-0.1, -0.05) is 6.07 Å². The molecule has 1 rings (SSSR count). The molecule has 0 N–H and O–H groups in total. The third-order valence-electron chi connectivity index (χ3n) is 3.37. The summed E-state index contributed by atoms with van der Waals surface area (Å²) in [6.07, 6.45) is -0.598. The van der Waals surface area contributed by atoms with Gasteiger partial charge in [-0.05, 0) is 38.5 Å². The van der Waals surface area contributed by atoms with E-state index in [0.29, 0.717) is 5.56 Å². The first kappa shape index (κ1) is 22.5. The summed E-state index contributed by atoms with van der Waals surface area (Å²) in [5.41, 5.74) is 0.00282. The number of amides is 2. The fourth-order valence-electron chi connectivity index (χ4n) is 2.09. The summed E-state index contributed by atoms with van der Waals surface area (Å²) < 4.78 is 39.3. The van der Waals surface area contributed by atoms with Crippen LogP contribution in [0.5, 0.6) is 11.5 Å². The normalized spacial score (nSPS) is 11.1. The SMILES string of the molecule is COc1cc(CN(C)C(=O)CN(C)C(=O)OC(C)(C)C)ccc1OC(F)F. The number of rotatable bonds is 7. The zero-order valence-electron chi connectivity index (χ0n) is 16.4. The molecule has 2 amide bonds. The van der Waals surface area contributed by atoms with Gasteiger partial charge in [-0.2, -0.15) is 8.78 Å². The molecule has 7 nitrogen and oxygen atoms in total. The van der Waals surface area contributed by atoms with E-state index >= 15 is 0 Å². The smallest absolute Gasteiger partial charge is 0.410 e. The Kier molecular flexibility index (Phi) is 7.81. The Morgan fingerprint density at radius 1 is 1.11 bits per heavy atom. The van der Waals surface area contributed by atoms with Crippen LogP contribution in [0.15, 0.2) is 18.2 Å². The molecule has 0 saturated carbocycles. The van der Waals surface area contributed by atoms with Crippen LogP contribution >= 0.6 is 0 Å². The average Bonchev–Trinajstić information content (AvgIpc) is 2.53. The number of carbonyl (C=O) groups excluding carboxylic acids is 2. The summed E-state index contributed by atoms with van der Waals surface area (Å²) in [4.78, 5) is 26.8. The van der Waals surface area contributed by atoms with Crippen LogP contribution in [0.25, 0.3) is 0 Å². The van der Waals surface area contributed by atoms with Crippen LogP contribution < -0.4 is 9.47 Å². The van der Waals surface area contributed by atoms with E-state index in [1.807, 2.05) is 0 Å². The first-order valence-electron chi connectivity index (χ1n) is 8.22. The lowest BCUT2D eigenvalue weighted by molar-refractivity contribution is -0.131. The highest BCUT2D eigenvalue weighted by atomic mass is 19.3. The lowest BCUT2D eigenvalue weighted by Gasteiger charge is -2.26. The van der Waals surface area contributed by atoms with Crippen LogP contribution in [0, 0.1) is 0 Å². The van der Waals surface area contributed by atoms with E-state index in [9.17, 15) is 18.4 Å². The van der Waals surface area contributed by atoms with Crippen LogP contribution in [0.1, 0.15) is 26.3 Å². The molecule has 0 bridgehead atoms. The number of halogens is 2. The molecule has 0 fully saturated rings. The second-order valence-electron chi connectivity index (χ2n) is 6.95. The highest BCUT2D eigenvalue weighted by molar-refractivity contribution is 5.82. The minimum atomic E-state index is -2.96. The standard InChI is InChI=1S/C18H26F2N2O5/c1-18(2,3)27-17(24)22(5)11-15(23)21(4)10-12-7-8-13(26-16(19)20)14(9-12)25-6/h7-9,16H,10-11H2,1-6H3. The molecule has 9 heteroatoms. The van der Waals surface area contributed by atoms with Gasteiger partial charge in [0.2, 0.25) is 5.91 Å². The molecule has 152 valence electrons. The van der Waals surface area contributed by atoms with E-state index in [-0.39, 0.29) is 30.5 Å². The maximum absolute atomic E-state index is 12.4. The first-order valence-corrected chi connectivity index (χ1v) is 8.22. The quantitative estimate of drug-likeness (QED) is 0.718. The van der Waals surface area contributed by atoms with Gasteiger partial charge in [0.25, 0.3) is 0 Å². The van der Waals surface area contributed by atoms with Gasteiger partial charge in [0.05, 0.1) is 7.11 Å². The Morgan fingerprint density at radius 3 is 2.26 bits per heavy atom. The third-order valence-corrected chi connectivity index (χ3v) is 3.37. The van der Waals surface area contributed by atoms with Gasteiger partial charge in [-0.25, -0.2) is 4.79 Å². The number of hydrogen-bond donors (Lipinski definition) is 0. The molecule has 0 aliphatic carbocycles. The van der Waals surface area contributed by atoms with Gasteiger partial charge in [0.1, 0.15) is 12.1 Å². The summed E-state index contributed by atoms with van der Waals surface area (Å²) in [6.45, 7) is 2.30. The van der Waals surface area contributed by atoms with Crippen LogP contribution in [-0.4, -0.2) is 61.8 Å². The summed E-state index contributed by atoms with van der Waals surface area (Å²) in [5.74, 6) is -0.260. The maximum Gasteiger partial charge on any atom is 0.410 e. The number of hydrogen-bond acceptors (Lipinski definition) is 5. The van der Waals surface area contributed by atoms with Crippen molar-refractivity contribution in [2.75, 3.05) is 27.7 Å². The minimum absolute atomic E-state index is 0.0881. The molecule has 0 heterocycles. The summed E-state index contributed by atoms with van der Waals surface area (Å²) in [6, 6.07) is 4.42. The Bertz CT molecular complexity index is 662. The summed E-state index contributed by atoms with van der Waals surface area (Å²) >= 11 is 0. The maximum atomic E-state index is 12.4. The van der Waals surface area contributed by atoms with E-state index in [4.69, 9.17) is 9.47 Å². The van der Waals surface area contributed by atoms with Crippen molar-refractivity contribution in [3.8, 4) is 11.5 Å². The largest absolute Gasteiger partial charge is 0.493 e. The molecule has 0 aliphatic heterocycles. The topological polar surface area (TPSA) is 68.3 Å². The van der Waals surface area contributed by atoms with Crippen LogP contribution in [0.2, 0.25) is 0 Å². The van der Waals surface area contributed by atoms with E-state index in [2.05, 4.69) is 4.74 Å². The van der Waals surface area contributed by atoms with Crippen molar-refractivity contribution in [1.82, 2.24) is 9.80 Å². The Hall–Kier alpha value is -2.58. The van der Waals surface area contributed by atoms with Gasteiger partial charge in [-0.15, -0.1) is 0 Å². The molecular weight excluding hydrogens is 362 g/mol. The monoisotopic (exact) mass is 388 g/mol. The number of ether oxygens (including phenoxy) is 3. The van der Waals surface area contributed by atoms with Crippen molar-refractivity contribution in [3.05, 3.63) is 23.8 Å². The Morgan fingerprint density at radius 2 is 1.74 bits per heavy atom. The first-order chi connectivity index (χ1) is 12.4. The van der Waals surface area contributed by atoms with Gasteiger partial charge >= 0.3 is 12.7 Å². The number of methoxy groups -OCH3 is 1. The lowest BCUT2D eigenvalue weighted by atomic mass is 10.2. The van der Waals surface area contributed by atoms with Gasteiger partial charge in [-0.3, -0.25) is 4.79 Å². The van der Waals surface area contributed by atoms with E-state index in [0.717, 1.165) is 0 Å². The number of carbonyl (C=O) groups is 2. The molecule has 1 aromatic carbocycles. The van der Waals surface area contributed by atoms with Crippen LogP contribution in [0.3, 0.4) is 0 Å². The fraction of sp³-hybridized carbons (Fsp3) is 0.556. The zero-order valence-corrected chi connectivity index (χ0v) is 16.4. The molecule has 0 saturated heterocycles. The second kappa shape index (κ2) is 9.38. The van der Waals surface area contributed by atoms with E-state index in [1.165, 1.54) is 36.1 Å². The van der Waals surface area contributed by atoms with Crippen LogP contribution in [0.4, 0.5) is 13.6 Å². The molecule has 0 aliphatic rings. The molecule has 0 unspecified atom stereocenters. The van der Waals surface area contributed by atoms with E-state index in [1.54, 1.807) is 33.9 Å². The van der Waals surface area contributed by atoms with Crippen molar-refractivity contribution < 1.29 is 32.6 Å². The third kappa shape index (κ3) is 7.67. The molecule has 1 aromatic rings. The predicted octanol–water partition coefficient (Wildman–Crippen LogP) is 3.12. The van der Waals surface area contributed by atoms with Crippen molar-refractivity contribution in [2.24, 2.45) is 0 Å². The zero-order chi connectivity index (χ0) is 20.8. The Labute approximate surface area is 157 Å². The number of alkyl halides is 2. The van der Waals surface area contributed by atoms with Gasteiger partial charge < -0.3 is 24.0 Å². The molecule has 0 atom stereocenters. The highest BCUT2D eigenvalue weighted by Gasteiger charge is 2.22. The highest BCUT2D eigenvalue weighted by Crippen LogP contribution is 2.29. The van der Waals surface area contributed by atoms with Crippen molar-refractivity contribution in [2.45, 2.75) is 39.5 Å². The average molecular weight is 388 g/mol. The molecule has 0 spiro atoms. The van der Waals surface area contributed by atoms with Gasteiger partial charge in [0.15, 0.2) is 11.5 Å². The van der Waals surface area contributed by atoms with Crippen LogP contribution in [-0.2, 0) is 16.1 Å². The summed E-state index contributed by atoms with van der Waals surface area (Å²) in [7, 11) is 4.38. The minimum Gasteiger partial charge on any atom is -0.493 e. The number of benzene rings is 1. The fourth-order valence-corrected chi connectivity index (χ4v) is 2.09. The van der Waals surface area contributed by atoms with Crippen molar-refractivity contribution in [1.29, 1.82) is 0 Å². The number of nitrogens with zero attached hydrogens (tertiary/aromatic N) is 2. The van der Waals surface area contributed by atoms with Crippen molar-refractivity contribution >= 4 is 12.0 Å². The Balaban J connectivity index is 2.71. The lowest BCUT2D eigenvalue weighted by Crippen LogP contribution is -2.41. The second-order valence-corrected chi connectivity index (χ2v) is 6.95. The number of likely N-dealkylation sites (N-methyl/N-ethyl adjacent to an activating group) is 2.